The molecule has 2 rings (SSSR count). The van der Waals surface area contributed by atoms with Crippen molar-refractivity contribution in [3.8, 4) is 0 Å². The van der Waals surface area contributed by atoms with Crippen molar-refractivity contribution in [3.05, 3.63) is 17.7 Å². The minimum atomic E-state index is -0.463. The maximum absolute atomic E-state index is 8.88. The maximum atomic E-state index is 8.88. The summed E-state index contributed by atoms with van der Waals surface area (Å²) in [4.78, 5) is 4.51. The van der Waals surface area contributed by atoms with Gasteiger partial charge in [-0.2, -0.15) is 0 Å². The van der Waals surface area contributed by atoms with E-state index in [9.17, 15) is 0 Å². The van der Waals surface area contributed by atoms with Gasteiger partial charge in [0.2, 0.25) is 0 Å². The van der Waals surface area contributed by atoms with Crippen LogP contribution in [0.3, 0.4) is 0 Å². The van der Waals surface area contributed by atoms with E-state index in [2.05, 4.69) is 10.3 Å². The summed E-state index contributed by atoms with van der Waals surface area (Å²) in [5, 5.41) is 11.9. The Balaban J connectivity index is 2.23. The van der Waals surface area contributed by atoms with E-state index < -0.39 is 7.12 Å². The van der Waals surface area contributed by atoms with Gasteiger partial charge in [0.15, 0.2) is 0 Å². The fraction of sp³-hybridized carbons (Fsp3) is 0.643. The number of hydrogen-bond acceptors (Lipinski definition) is 5. The Kier molecular flexibility index (Phi) is 4.09. The Hall–Kier alpha value is -1.11. The number of pyridine rings is 1. The summed E-state index contributed by atoms with van der Waals surface area (Å²) >= 11 is 0. The zero-order chi connectivity index (χ0) is 15.0. The Morgan fingerprint density at radius 3 is 2.35 bits per heavy atom. The lowest BCUT2D eigenvalue weighted by atomic mass is 9.83. The zero-order valence-electron chi connectivity index (χ0n) is 12.9. The standard InChI is InChI=1S/C14H23BN2O3/c1-10-8-11(17-12(9-10)16-6-7-18)15-19-13(2,3)14(4,5)20-15/h8-9,18H,6-7H2,1-5H3,(H,16,17). The SMILES string of the molecule is Cc1cc(NCCO)nc(B2OC(C)(C)C(C)(C)O2)c1. The van der Waals surface area contributed by atoms with E-state index in [1.54, 1.807) is 0 Å². The molecule has 0 bridgehead atoms. The van der Waals surface area contributed by atoms with Crippen LogP contribution in [0, 0.1) is 6.92 Å². The van der Waals surface area contributed by atoms with E-state index in [0.717, 1.165) is 17.0 Å². The average Bonchev–Trinajstić information content (AvgIpc) is 2.55. The Labute approximate surface area is 120 Å². The van der Waals surface area contributed by atoms with Gasteiger partial charge in [0.05, 0.1) is 23.4 Å². The summed E-state index contributed by atoms with van der Waals surface area (Å²) in [6.07, 6.45) is 0. The molecule has 1 saturated heterocycles. The number of aromatic nitrogens is 1. The first kappa shape index (κ1) is 15.3. The fourth-order valence-electron chi connectivity index (χ4n) is 2.05. The van der Waals surface area contributed by atoms with Crippen molar-refractivity contribution < 1.29 is 14.4 Å². The molecule has 110 valence electrons. The topological polar surface area (TPSA) is 63.6 Å². The number of nitrogens with zero attached hydrogens (tertiary/aromatic N) is 1. The lowest BCUT2D eigenvalue weighted by molar-refractivity contribution is 0.00578. The molecule has 1 aliphatic heterocycles. The van der Waals surface area contributed by atoms with Crippen LogP contribution in [0.2, 0.25) is 0 Å². The van der Waals surface area contributed by atoms with Gasteiger partial charge in [-0.1, -0.05) is 0 Å². The van der Waals surface area contributed by atoms with Crippen LogP contribution in [-0.4, -0.2) is 41.6 Å². The summed E-state index contributed by atoms with van der Waals surface area (Å²) in [5.74, 6) is 0.726. The number of hydrogen-bond donors (Lipinski definition) is 2. The van der Waals surface area contributed by atoms with Crippen LogP contribution in [-0.2, 0) is 9.31 Å². The van der Waals surface area contributed by atoms with Crippen LogP contribution in [0.5, 0.6) is 0 Å². The number of aliphatic hydroxyl groups is 1. The van der Waals surface area contributed by atoms with Crippen LogP contribution in [0.15, 0.2) is 12.1 Å². The Morgan fingerprint density at radius 2 is 1.80 bits per heavy atom. The molecule has 2 N–H and O–H groups in total. The van der Waals surface area contributed by atoms with Crippen LogP contribution in [0.1, 0.15) is 33.3 Å². The minimum absolute atomic E-state index is 0.0709. The zero-order valence-corrected chi connectivity index (χ0v) is 12.9. The predicted octanol–water partition coefficient (Wildman–Crippen LogP) is 1.09. The summed E-state index contributed by atoms with van der Waals surface area (Å²) < 4.78 is 12.0. The molecule has 1 aromatic heterocycles. The molecule has 0 aliphatic carbocycles. The van der Waals surface area contributed by atoms with Crippen molar-refractivity contribution in [2.75, 3.05) is 18.5 Å². The number of aryl methyl sites for hydroxylation is 1. The average molecular weight is 278 g/mol. The first-order valence-corrected chi connectivity index (χ1v) is 6.94. The van der Waals surface area contributed by atoms with Crippen LogP contribution >= 0.6 is 0 Å². The van der Waals surface area contributed by atoms with E-state index in [0.29, 0.717) is 6.54 Å². The van der Waals surface area contributed by atoms with Gasteiger partial charge in [-0.25, -0.2) is 4.98 Å². The molecule has 0 amide bonds. The van der Waals surface area contributed by atoms with Gasteiger partial charge in [-0.15, -0.1) is 0 Å². The predicted molar refractivity (Wildman–Crippen MR) is 80.3 cm³/mol. The van der Waals surface area contributed by atoms with Gasteiger partial charge in [-0.05, 0) is 52.3 Å². The molecule has 1 aliphatic rings. The van der Waals surface area contributed by atoms with E-state index >= 15 is 0 Å². The first-order chi connectivity index (χ1) is 9.25. The molecule has 0 aromatic carbocycles. The minimum Gasteiger partial charge on any atom is -0.398 e. The molecule has 0 unspecified atom stereocenters. The highest BCUT2D eigenvalue weighted by atomic mass is 16.7. The number of anilines is 1. The summed E-state index contributed by atoms with van der Waals surface area (Å²) in [6, 6.07) is 3.90. The highest BCUT2D eigenvalue weighted by Gasteiger charge is 2.52. The molecule has 5 nitrogen and oxygen atoms in total. The molecule has 6 heteroatoms. The second-order valence-corrected chi connectivity index (χ2v) is 6.19. The van der Waals surface area contributed by atoms with Crippen LogP contribution in [0.25, 0.3) is 0 Å². The molecular weight excluding hydrogens is 255 g/mol. The van der Waals surface area contributed by atoms with Crippen LogP contribution in [0.4, 0.5) is 5.82 Å². The molecule has 2 heterocycles. The monoisotopic (exact) mass is 278 g/mol. The van der Waals surface area contributed by atoms with Gasteiger partial charge in [-0.3, -0.25) is 0 Å². The largest absolute Gasteiger partial charge is 0.514 e. The molecular formula is C14H23BN2O3. The number of aliphatic hydroxyl groups excluding tert-OH is 1. The molecule has 0 saturated carbocycles. The molecule has 20 heavy (non-hydrogen) atoms. The quantitative estimate of drug-likeness (QED) is 0.807. The van der Waals surface area contributed by atoms with E-state index in [-0.39, 0.29) is 17.8 Å². The van der Waals surface area contributed by atoms with Crippen molar-refractivity contribution in [3.63, 3.8) is 0 Å². The van der Waals surface area contributed by atoms with Crippen molar-refractivity contribution >= 4 is 18.5 Å². The first-order valence-electron chi connectivity index (χ1n) is 6.94. The van der Waals surface area contributed by atoms with Crippen molar-refractivity contribution in [1.82, 2.24) is 4.98 Å². The fourth-order valence-corrected chi connectivity index (χ4v) is 2.05. The lowest BCUT2D eigenvalue weighted by Gasteiger charge is -2.32. The second kappa shape index (κ2) is 5.35. The molecule has 0 spiro atoms. The van der Waals surface area contributed by atoms with Gasteiger partial charge < -0.3 is 19.7 Å². The van der Waals surface area contributed by atoms with Gasteiger partial charge >= 0.3 is 7.12 Å². The van der Waals surface area contributed by atoms with Crippen molar-refractivity contribution in [2.45, 2.75) is 45.8 Å². The highest BCUT2D eigenvalue weighted by Crippen LogP contribution is 2.36. The Bertz CT molecular complexity index is 475. The smallest absolute Gasteiger partial charge is 0.398 e. The third kappa shape index (κ3) is 2.97. The summed E-state index contributed by atoms with van der Waals surface area (Å²) in [5.41, 5.74) is 1.08. The van der Waals surface area contributed by atoms with Gasteiger partial charge in [0.25, 0.3) is 0 Å². The molecule has 1 aromatic rings. The Morgan fingerprint density at radius 1 is 1.20 bits per heavy atom. The molecule has 0 atom stereocenters. The van der Waals surface area contributed by atoms with E-state index in [1.165, 1.54) is 0 Å². The van der Waals surface area contributed by atoms with Gasteiger partial charge in [0, 0.05) is 6.54 Å². The normalized spacial score (nSPS) is 20.2. The van der Waals surface area contributed by atoms with Gasteiger partial charge in [0.1, 0.15) is 5.82 Å². The maximum Gasteiger partial charge on any atom is 0.514 e. The van der Waals surface area contributed by atoms with Crippen molar-refractivity contribution in [1.29, 1.82) is 0 Å². The van der Waals surface area contributed by atoms with E-state index in [1.807, 2.05) is 46.8 Å². The number of nitrogens with one attached hydrogen (secondary N) is 1. The molecule has 1 fully saturated rings. The highest BCUT2D eigenvalue weighted by molar-refractivity contribution is 6.61. The third-order valence-corrected chi connectivity index (χ3v) is 3.90. The van der Waals surface area contributed by atoms with E-state index in [4.69, 9.17) is 14.4 Å². The van der Waals surface area contributed by atoms with Crippen LogP contribution < -0.4 is 10.9 Å². The van der Waals surface area contributed by atoms with Crippen molar-refractivity contribution in [2.24, 2.45) is 0 Å². The summed E-state index contributed by atoms with van der Waals surface area (Å²) in [7, 11) is -0.463. The second-order valence-electron chi connectivity index (χ2n) is 6.19. The molecule has 0 radical (unpaired) electrons. The third-order valence-electron chi connectivity index (χ3n) is 3.90. The summed E-state index contributed by atoms with van der Waals surface area (Å²) in [6.45, 7) is 10.6. The number of rotatable bonds is 4. The lowest BCUT2D eigenvalue weighted by Crippen LogP contribution is -2.41.